The molecular formula is C20H28N2O3. The number of carbonyl (C=O) groups excluding carboxylic acids is 2. The second-order valence-corrected chi connectivity index (χ2v) is 7.19. The van der Waals surface area contributed by atoms with Crippen molar-refractivity contribution in [3.63, 3.8) is 0 Å². The minimum absolute atomic E-state index is 0.00522. The molecule has 0 radical (unpaired) electrons. The fraction of sp³-hybridized carbons (Fsp3) is 0.600. The van der Waals surface area contributed by atoms with Crippen LogP contribution in [-0.2, 0) is 20.7 Å². The number of rotatable bonds is 7. The van der Waals surface area contributed by atoms with Crippen molar-refractivity contribution >= 4 is 11.8 Å². The van der Waals surface area contributed by atoms with Crippen LogP contribution in [0.15, 0.2) is 30.3 Å². The molecule has 1 aliphatic carbocycles. The van der Waals surface area contributed by atoms with Crippen molar-refractivity contribution in [1.29, 1.82) is 0 Å². The number of piperidine rings is 1. The van der Waals surface area contributed by atoms with Crippen molar-refractivity contribution in [2.75, 3.05) is 33.4 Å². The number of hydrogen-bond acceptors (Lipinski definition) is 3. The summed E-state index contributed by atoms with van der Waals surface area (Å²) in [7, 11) is 1.61. The van der Waals surface area contributed by atoms with Crippen molar-refractivity contribution in [3.05, 3.63) is 35.9 Å². The van der Waals surface area contributed by atoms with Gasteiger partial charge in [-0.05, 0) is 37.2 Å². The molecule has 1 heterocycles. The second kappa shape index (κ2) is 8.48. The third-order valence-corrected chi connectivity index (χ3v) is 5.34. The second-order valence-electron chi connectivity index (χ2n) is 7.19. The van der Waals surface area contributed by atoms with Gasteiger partial charge in [0.25, 0.3) is 0 Å². The quantitative estimate of drug-likeness (QED) is 0.768. The Balaban J connectivity index is 1.40. The van der Waals surface area contributed by atoms with E-state index in [1.54, 1.807) is 7.11 Å². The lowest BCUT2D eigenvalue weighted by Gasteiger charge is -2.32. The Morgan fingerprint density at radius 1 is 1.16 bits per heavy atom. The highest BCUT2D eigenvalue weighted by molar-refractivity contribution is 5.92. The van der Waals surface area contributed by atoms with Gasteiger partial charge in [-0.1, -0.05) is 30.3 Å². The molecule has 5 nitrogen and oxygen atoms in total. The monoisotopic (exact) mass is 344 g/mol. The molecule has 0 aromatic heterocycles. The van der Waals surface area contributed by atoms with Crippen molar-refractivity contribution < 1.29 is 14.3 Å². The maximum absolute atomic E-state index is 12.6. The van der Waals surface area contributed by atoms with E-state index in [0.29, 0.717) is 25.5 Å². The maximum atomic E-state index is 12.6. The molecule has 2 fully saturated rings. The molecule has 1 aliphatic heterocycles. The highest BCUT2D eigenvalue weighted by Gasteiger charge is 2.49. The van der Waals surface area contributed by atoms with Crippen LogP contribution in [0.2, 0.25) is 0 Å². The molecule has 1 saturated heterocycles. The molecule has 0 spiro atoms. The smallest absolute Gasteiger partial charge is 0.226 e. The standard InChI is InChI=1S/C20H28N2O3/c1-25-12-9-21-19(23)17-14-18(17)20(24)22-10-7-16(8-11-22)13-15-5-3-2-4-6-15/h2-6,16-18H,7-14H2,1H3,(H,21,23). The molecule has 0 bridgehead atoms. The van der Waals surface area contributed by atoms with Gasteiger partial charge in [0.2, 0.25) is 11.8 Å². The Hall–Kier alpha value is -1.88. The fourth-order valence-corrected chi connectivity index (χ4v) is 3.70. The highest BCUT2D eigenvalue weighted by Crippen LogP contribution is 2.40. The molecular weight excluding hydrogens is 316 g/mol. The first-order chi connectivity index (χ1) is 12.2. The van der Waals surface area contributed by atoms with Crippen molar-refractivity contribution in [3.8, 4) is 0 Å². The Labute approximate surface area is 149 Å². The van der Waals surface area contributed by atoms with E-state index >= 15 is 0 Å². The van der Waals surface area contributed by atoms with Crippen LogP contribution in [0.5, 0.6) is 0 Å². The predicted octanol–water partition coefficient (Wildman–Crippen LogP) is 1.87. The van der Waals surface area contributed by atoms with Crippen molar-refractivity contribution in [1.82, 2.24) is 10.2 Å². The molecule has 5 heteroatoms. The third-order valence-electron chi connectivity index (χ3n) is 5.34. The van der Waals surface area contributed by atoms with E-state index in [9.17, 15) is 9.59 Å². The van der Waals surface area contributed by atoms with Gasteiger partial charge in [0.15, 0.2) is 0 Å². The number of likely N-dealkylation sites (tertiary alicyclic amines) is 1. The van der Waals surface area contributed by atoms with Crippen molar-refractivity contribution in [2.45, 2.75) is 25.7 Å². The lowest BCUT2D eigenvalue weighted by molar-refractivity contribution is -0.136. The van der Waals surface area contributed by atoms with Crippen LogP contribution in [0.4, 0.5) is 0 Å². The van der Waals surface area contributed by atoms with E-state index in [4.69, 9.17) is 4.74 Å². The molecule has 136 valence electrons. The van der Waals surface area contributed by atoms with Gasteiger partial charge in [0.1, 0.15) is 0 Å². The van der Waals surface area contributed by atoms with Gasteiger partial charge in [-0.15, -0.1) is 0 Å². The molecule has 25 heavy (non-hydrogen) atoms. The molecule has 2 atom stereocenters. The molecule has 2 unspecified atom stereocenters. The molecule has 2 amide bonds. The lowest BCUT2D eigenvalue weighted by atomic mass is 9.90. The zero-order valence-corrected chi connectivity index (χ0v) is 14.9. The molecule has 2 aliphatic rings. The minimum atomic E-state index is -0.133. The van der Waals surface area contributed by atoms with Crippen LogP contribution in [0, 0.1) is 17.8 Å². The topological polar surface area (TPSA) is 58.6 Å². The van der Waals surface area contributed by atoms with Gasteiger partial charge in [-0.3, -0.25) is 9.59 Å². The van der Waals surface area contributed by atoms with Crippen LogP contribution in [-0.4, -0.2) is 50.1 Å². The molecule has 3 rings (SSSR count). The zero-order valence-electron chi connectivity index (χ0n) is 14.9. The van der Waals surface area contributed by atoms with E-state index in [2.05, 4.69) is 29.6 Å². The van der Waals surface area contributed by atoms with Gasteiger partial charge in [-0.25, -0.2) is 0 Å². The molecule has 1 aromatic rings. The number of carbonyl (C=O) groups is 2. The summed E-state index contributed by atoms with van der Waals surface area (Å²) in [5.41, 5.74) is 1.38. The Morgan fingerprint density at radius 3 is 2.56 bits per heavy atom. The summed E-state index contributed by atoms with van der Waals surface area (Å²) in [5, 5.41) is 2.83. The van der Waals surface area contributed by atoms with Gasteiger partial charge in [0.05, 0.1) is 18.4 Å². The fourth-order valence-electron chi connectivity index (χ4n) is 3.70. The SMILES string of the molecule is COCCNC(=O)C1CC1C(=O)N1CCC(Cc2ccccc2)CC1. The number of nitrogens with zero attached hydrogens (tertiary/aromatic N) is 1. The molecule has 1 N–H and O–H groups in total. The average Bonchev–Trinajstić information content (AvgIpc) is 3.44. The predicted molar refractivity (Wildman–Crippen MR) is 95.9 cm³/mol. The number of nitrogens with one attached hydrogen (secondary N) is 1. The summed E-state index contributed by atoms with van der Waals surface area (Å²) in [6.07, 6.45) is 3.90. The third kappa shape index (κ3) is 4.82. The van der Waals surface area contributed by atoms with E-state index in [0.717, 1.165) is 32.4 Å². The lowest BCUT2D eigenvalue weighted by Crippen LogP contribution is -2.40. The summed E-state index contributed by atoms with van der Waals surface area (Å²) in [4.78, 5) is 26.6. The van der Waals surface area contributed by atoms with E-state index in [1.165, 1.54) is 5.56 Å². The number of ether oxygens (including phenoxy) is 1. The van der Waals surface area contributed by atoms with Crippen LogP contribution < -0.4 is 5.32 Å². The average molecular weight is 344 g/mol. The first kappa shape index (κ1) is 17.9. The van der Waals surface area contributed by atoms with Crippen LogP contribution in [0.25, 0.3) is 0 Å². The summed E-state index contributed by atoms with van der Waals surface area (Å²) in [5.74, 6) is 0.581. The highest BCUT2D eigenvalue weighted by atomic mass is 16.5. The van der Waals surface area contributed by atoms with Crippen LogP contribution in [0.3, 0.4) is 0 Å². The number of amides is 2. The summed E-state index contributed by atoms with van der Waals surface area (Å²) in [6.45, 7) is 2.67. The van der Waals surface area contributed by atoms with Crippen LogP contribution in [0.1, 0.15) is 24.8 Å². The van der Waals surface area contributed by atoms with Gasteiger partial charge >= 0.3 is 0 Å². The minimum Gasteiger partial charge on any atom is -0.383 e. The first-order valence-electron chi connectivity index (χ1n) is 9.28. The van der Waals surface area contributed by atoms with Crippen molar-refractivity contribution in [2.24, 2.45) is 17.8 Å². The Kier molecular flexibility index (Phi) is 6.08. The van der Waals surface area contributed by atoms with E-state index in [1.807, 2.05) is 11.0 Å². The van der Waals surface area contributed by atoms with Gasteiger partial charge < -0.3 is 15.0 Å². The first-order valence-corrected chi connectivity index (χ1v) is 9.28. The van der Waals surface area contributed by atoms with E-state index < -0.39 is 0 Å². The maximum Gasteiger partial charge on any atom is 0.226 e. The normalized spacial score (nSPS) is 23.3. The zero-order chi connectivity index (χ0) is 17.6. The number of benzene rings is 1. The molecule has 1 aromatic carbocycles. The van der Waals surface area contributed by atoms with Gasteiger partial charge in [-0.2, -0.15) is 0 Å². The summed E-state index contributed by atoms with van der Waals surface area (Å²) in [6, 6.07) is 10.6. The Bertz CT molecular complexity index is 582. The van der Waals surface area contributed by atoms with Crippen LogP contribution >= 0.6 is 0 Å². The van der Waals surface area contributed by atoms with E-state index in [-0.39, 0.29) is 23.7 Å². The summed E-state index contributed by atoms with van der Waals surface area (Å²) >= 11 is 0. The number of methoxy groups -OCH3 is 1. The van der Waals surface area contributed by atoms with Gasteiger partial charge in [0, 0.05) is 26.7 Å². The Morgan fingerprint density at radius 2 is 1.88 bits per heavy atom. The summed E-state index contributed by atoms with van der Waals surface area (Å²) < 4.78 is 4.92. The largest absolute Gasteiger partial charge is 0.383 e. The number of hydrogen-bond donors (Lipinski definition) is 1. The molecule has 1 saturated carbocycles.